The van der Waals surface area contributed by atoms with Crippen LogP contribution in [0.15, 0.2) is 24.3 Å². The highest BCUT2D eigenvalue weighted by molar-refractivity contribution is 5.93. The summed E-state index contributed by atoms with van der Waals surface area (Å²) in [4.78, 5) is 27.5. The van der Waals surface area contributed by atoms with Crippen molar-refractivity contribution in [3.8, 4) is 5.69 Å². The summed E-state index contributed by atoms with van der Waals surface area (Å²) in [6, 6.07) is 4.74. The molecule has 9 heteroatoms. The number of carboxylic acids is 1. The molecule has 8 nitrogen and oxygen atoms in total. The van der Waals surface area contributed by atoms with Crippen molar-refractivity contribution in [2.75, 3.05) is 13.7 Å². The van der Waals surface area contributed by atoms with E-state index in [9.17, 15) is 14.0 Å². The topological polar surface area (TPSA) is 106 Å². The van der Waals surface area contributed by atoms with Crippen LogP contribution in [-0.2, 0) is 9.53 Å². The van der Waals surface area contributed by atoms with Crippen LogP contribution in [0.25, 0.3) is 5.69 Å². The van der Waals surface area contributed by atoms with Crippen molar-refractivity contribution in [1.29, 1.82) is 0 Å². The second-order valence-electron chi connectivity index (χ2n) is 5.63. The van der Waals surface area contributed by atoms with Crippen molar-refractivity contribution in [3.63, 3.8) is 0 Å². The quantitative estimate of drug-likeness (QED) is 0.781. The Bertz CT molecular complexity index is 775. The summed E-state index contributed by atoms with van der Waals surface area (Å²) >= 11 is 0. The second-order valence-corrected chi connectivity index (χ2v) is 5.63. The number of carboxylic acid groups (broad SMARTS) is 1. The predicted molar refractivity (Wildman–Crippen MR) is 86.2 cm³/mol. The third-order valence-corrected chi connectivity index (χ3v) is 3.37. The smallest absolute Gasteiger partial charge is 0.328 e. The first-order chi connectivity index (χ1) is 11.8. The van der Waals surface area contributed by atoms with Gasteiger partial charge in [-0.1, -0.05) is 26.0 Å². The van der Waals surface area contributed by atoms with Gasteiger partial charge >= 0.3 is 5.97 Å². The largest absolute Gasteiger partial charge is 0.480 e. The Hall–Kier alpha value is -2.81. The normalized spacial score (nSPS) is 12.2. The molecule has 25 heavy (non-hydrogen) atoms. The number of hydrogen-bond acceptors (Lipinski definition) is 5. The van der Waals surface area contributed by atoms with Gasteiger partial charge in [-0.3, -0.25) is 4.79 Å². The summed E-state index contributed by atoms with van der Waals surface area (Å²) in [6.45, 7) is 3.45. The summed E-state index contributed by atoms with van der Waals surface area (Å²) in [5, 5.41) is 15.4. The lowest BCUT2D eigenvalue weighted by molar-refractivity contribution is -0.140. The van der Waals surface area contributed by atoms with Gasteiger partial charge < -0.3 is 15.2 Å². The van der Waals surface area contributed by atoms with Crippen molar-refractivity contribution in [2.45, 2.75) is 25.8 Å². The molecule has 0 aliphatic rings. The number of nitrogens with one attached hydrogen (secondary N) is 1. The van der Waals surface area contributed by atoms with E-state index in [-0.39, 0.29) is 24.0 Å². The van der Waals surface area contributed by atoms with Crippen LogP contribution in [-0.4, -0.2) is 51.5 Å². The van der Waals surface area contributed by atoms with E-state index in [4.69, 9.17) is 9.84 Å². The minimum absolute atomic E-state index is 0.136. The summed E-state index contributed by atoms with van der Waals surface area (Å²) < 4.78 is 20.1. The number of aliphatic carboxylic acids is 1. The third-order valence-electron chi connectivity index (χ3n) is 3.37. The Morgan fingerprint density at radius 1 is 1.36 bits per heavy atom. The Labute approximate surface area is 143 Å². The maximum Gasteiger partial charge on any atom is 0.328 e. The molecule has 0 bridgehead atoms. The van der Waals surface area contributed by atoms with Gasteiger partial charge in [-0.2, -0.15) is 0 Å². The molecular formula is C16H19FN4O4. The van der Waals surface area contributed by atoms with Crippen molar-refractivity contribution >= 4 is 11.9 Å². The molecule has 2 rings (SSSR count). The molecule has 2 aromatic rings. The number of hydrogen-bond donors (Lipinski definition) is 2. The zero-order chi connectivity index (χ0) is 18.6. The third kappa shape index (κ3) is 4.18. The van der Waals surface area contributed by atoms with E-state index in [1.165, 1.54) is 23.9 Å². The summed E-state index contributed by atoms with van der Waals surface area (Å²) in [6.07, 6.45) is 0. The highest BCUT2D eigenvalue weighted by Gasteiger charge is 2.25. The molecule has 0 fully saturated rings. The zero-order valence-corrected chi connectivity index (χ0v) is 14.1. The summed E-state index contributed by atoms with van der Waals surface area (Å²) in [7, 11) is 1.32. The van der Waals surface area contributed by atoms with Crippen LogP contribution in [0.1, 0.15) is 36.2 Å². The molecule has 0 spiro atoms. The second kappa shape index (κ2) is 7.84. The van der Waals surface area contributed by atoms with E-state index in [0.29, 0.717) is 5.82 Å². The standard InChI is InChI=1S/C16H19FN4O4/c1-9(2)14-19-13(15(22)18-11(8-25-3)16(23)24)20-21(14)12-7-5-4-6-10(12)17/h4-7,9,11H,8H2,1-3H3,(H,18,22)(H,23,24). The molecule has 0 radical (unpaired) electrons. The van der Waals surface area contributed by atoms with Gasteiger partial charge in [0.15, 0.2) is 6.04 Å². The number of benzene rings is 1. The number of halogens is 1. The Morgan fingerprint density at radius 3 is 2.60 bits per heavy atom. The number of amides is 1. The maximum atomic E-state index is 14.1. The number of ether oxygens (including phenoxy) is 1. The fourth-order valence-corrected chi connectivity index (χ4v) is 2.16. The number of carbonyl (C=O) groups is 2. The lowest BCUT2D eigenvalue weighted by Crippen LogP contribution is -2.44. The minimum Gasteiger partial charge on any atom is -0.480 e. The van der Waals surface area contributed by atoms with Gasteiger partial charge in [-0.05, 0) is 12.1 Å². The van der Waals surface area contributed by atoms with Crippen LogP contribution < -0.4 is 5.32 Å². The fourth-order valence-electron chi connectivity index (χ4n) is 2.16. The van der Waals surface area contributed by atoms with Crippen LogP contribution in [0.4, 0.5) is 4.39 Å². The summed E-state index contributed by atoms with van der Waals surface area (Å²) in [5.74, 6) is -2.52. The highest BCUT2D eigenvalue weighted by atomic mass is 19.1. The molecule has 134 valence electrons. The van der Waals surface area contributed by atoms with Crippen molar-refractivity contribution < 1.29 is 23.8 Å². The van der Waals surface area contributed by atoms with E-state index >= 15 is 0 Å². The van der Waals surface area contributed by atoms with Crippen molar-refractivity contribution in [3.05, 3.63) is 41.7 Å². The van der Waals surface area contributed by atoms with Crippen LogP contribution in [0.2, 0.25) is 0 Å². The Balaban J connectivity index is 2.37. The molecule has 1 unspecified atom stereocenters. The molecule has 0 saturated heterocycles. The van der Waals surface area contributed by atoms with E-state index < -0.39 is 23.7 Å². The van der Waals surface area contributed by atoms with Crippen LogP contribution >= 0.6 is 0 Å². The zero-order valence-electron chi connectivity index (χ0n) is 14.1. The molecule has 0 saturated carbocycles. The minimum atomic E-state index is -1.24. The maximum absolute atomic E-state index is 14.1. The SMILES string of the molecule is COCC(NC(=O)c1nc(C(C)C)n(-c2ccccc2F)n1)C(=O)O. The highest BCUT2D eigenvalue weighted by Crippen LogP contribution is 2.19. The molecule has 0 aliphatic carbocycles. The van der Waals surface area contributed by atoms with Gasteiger partial charge in [0, 0.05) is 13.0 Å². The van der Waals surface area contributed by atoms with Gasteiger partial charge in [0.2, 0.25) is 5.82 Å². The van der Waals surface area contributed by atoms with Gasteiger partial charge in [0.25, 0.3) is 5.91 Å². The number of nitrogens with zero attached hydrogens (tertiary/aromatic N) is 3. The van der Waals surface area contributed by atoms with E-state index in [2.05, 4.69) is 15.4 Å². The van der Waals surface area contributed by atoms with E-state index in [1.54, 1.807) is 12.1 Å². The summed E-state index contributed by atoms with van der Waals surface area (Å²) in [5.41, 5.74) is 0.157. The lowest BCUT2D eigenvalue weighted by Gasteiger charge is -2.11. The van der Waals surface area contributed by atoms with Crippen LogP contribution in [0.3, 0.4) is 0 Å². The molecule has 1 aromatic carbocycles. The number of methoxy groups -OCH3 is 1. The number of carbonyl (C=O) groups excluding carboxylic acids is 1. The molecular weight excluding hydrogens is 331 g/mol. The Kier molecular flexibility index (Phi) is 5.81. The van der Waals surface area contributed by atoms with Gasteiger partial charge in [-0.25, -0.2) is 18.9 Å². The number of aromatic nitrogens is 3. The Morgan fingerprint density at radius 2 is 2.04 bits per heavy atom. The first kappa shape index (κ1) is 18.5. The molecule has 1 atom stereocenters. The van der Waals surface area contributed by atoms with Crippen molar-refractivity contribution in [2.24, 2.45) is 0 Å². The first-order valence-electron chi connectivity index (χ1n) is 7.59. The first-order valence-corrected chi connectivity index (χ1v) is 7.59. The predicted octanol–water partition coefficient (Wildman–Crippen LogP) is 1.36. The van der Waals surface area contributed by atoms with Crippen LogP contribution in [0.5, 0.6) is 0 Å². The van der Waals surface area contributed by atoms with Gasteiger partial charge in [-0.15, -0.1) is 5.10 Å². The van der Waals surface area contributed by atoms with Crippen LogP contribution in [0, 0.1) is 5.82 Å². The van der Waals surface area contributed by atoms with Gasteiger partial charge in [0.05, 0.1) is 6.61 Å². The number of para-hydroxylation sites is 1. The molecule has 1 heterocycles. The van der Waals surface area contributed by atoms with Gasteiger partial charge in [0.1, 0.15) is 17.3 Å². The average Bonchev–Trinajstić information content (AvgIpc) is 3.00. The number of rotatable bonds is 7. The average molecular weight is 350 g/mol. The fraction of sp³-hybridized carbons (Fsp3) is 0.375. The van der Waals surface area contributed by atoms with Crippen molar-refractivity contribution in [1.82, 2.24) is 20.1 Å². The molecule has 2 N–H and O–H groups in total. The lowest BCUT2D eigenvalue weighted by atomic mass is 10.2. The van der Waals surface area contributed by atoms with E-state index in [0.717, 1.165) is 0 Å². The monoisotopic (exact) mass is 350 g/mol. The van der Waals surface area contributed by atoms with E-state index in [1.807, 2.05) is 13.8 Å². The molecule has 1 amide bonds. The molecule has 0 aliphatic heterocycles. The molecule has 1 aromatic heterocycles.